The van der Waals surface area contributed by atoms with E-state index in [0.29, 0.717) is 12.5 Å². The second-order valence-electron chi connectivity index (χ2n) is 6.91. The summed E-state index contributed by atoms with van der Waals surface area (Å²) in [7, 11) is -3.19. The molecule has 3 rings (SSSR count). The first kappa shape index (κ1) is 22.1. The summed E-state index contributed by atoms with van der Waals surface area (Å²) in [6.45, 7) is 3.68. The Balaban J connectivity index is 0.00000261. The van der Waals surface area contributed by atoms with Crippen LogP contribution in [0.1, 0.15) is 19.3 Å². The monoisotopic (exact) mass is 509 g/mol. The lowest BCUT2D eigenvalue weighted by molar-refractivity contribution is 0.375. The van der Waals surface area contributed by atoms with Gasteiger partial charge in [0.05, 0.1) is 6.26 Å². The number of guanidine groups is 1. The highest BCUT2D eigenvalue weighted by Crippen LogP contribution is 2.26. The molecule has 2 atom stereocenters. The predicted molar refractivity (Wildman–Crippen MR) is 117 cm³/mol. The number of rotatable bonds is 5. The van der Waals surface area contributed by atoms with Gasteiger partial charge < -0.3 is 15.5 Å². The highest BCUT2D eigenvalue weighted by atomic mass is 127. The number of sulfonamides is 1. The summed E-state index contributed by atoms with van der Waals surface area (Å²) in [5.41, 5.74) is 6.17. The first-order valence-electron chi connectivity index (χ1n) is 8.96. The SMILES string of the molecule is CS(=O)(=O)NC1CCCC1CN=C(N)N1CCN(c2ncccn2)CC1.I. The predicted octanol–water partition coefficient (Wildman–Crippen LogP) is 0.249. The van der Waals surface area contributed by atoms with Crippen LogP contribution >= 0.6 is 24.0 Å². The van der Waals surface area contributed by atoms with Crippen LogP contribution < -0.4 is 15.4 Å². The fourth-order valence-electron chi connectivity index (χ4n) is 3.59. The lowest BCUT2D eigenvalue weighted by atomic mass is 10.1. The number of piperazine rings is 1. The summed E-state index contributed by atoms with van der Waals surface area (Å²) in [4.78, 5) is 17.3. The van der Waals surface area contributed by atoms with E-state index in [-0.39, 0.29) is 35.9 Å². The summed E-state index contributed by atoms with van der Waals surface area (Å²) in [5, 5.41) is 0. The summed E-state index contributed by atoms with van der Waals surface area (Å²) in [6.07, 6.45) is 7.55. The van der Waals surface area contributed by atoms with Gasteiger partial charge in [-0.15, -0.1) is 24.0 Å². The van der Waals surface area contributed by atoms with Crippen molar-refractivity contribution < 1.29 is 8.42 Å². The topological polar surface area (TPSA) is 117 Å². The van der Waals surface area contributed by atoms with Crippen molar-refractivity contribution in [3.63, 3.8) is 0 Å². The molecule has 27 heavy (non-hydrogen) atoms. The van der Waals surface area contributed by atoms with E-state index in [9.17, 15) is 8.42 Å². The third kappa shape index (κ3) is 6.42. The van der Waals surface area contributed by atoms with Gasteiger partial charge in [-0.1, -0.05) is 6.42 Å². The van der Waals surface area contributed by atoms with Gasteiger partial charge in [0.1, 0.15) is 0 Å². The Morgan fingerprint density at radius 2 is 1.93 bits per heavy atom. The van der Waals surface area contributed by atoms with Gasteiger partial charge in [0.2, 0.25) is 16.0 Å². The van der Waals surface area contributed by atoms with Gasteiger partial charge in [-0.3, -0.25) is 4.99 Å². The fraction of sp³-hybridized carbons (Fsp3) is 0.688. The van der Waals surface area contributed by atoms with E-state index < -0.39 is 10.0 Å². The second kappa shape index (κ2) is 9.82. The Morgan fingerprint density at radius 1 is 1.26 bits per heavy atom. The molecule has 1 aliphatic carbocycles. The fourth-order valence-corrected chi connectivity index (χ4v) is 4.45. The van der Waals surface area contributed by atoms with E-state index in [1.54, 1.807) is 18.5 Å². The molecule has 0 bridgehead atoms. The standard InChI is InChI=1S/C16H27N7O2S.HI/c1-26(24,25)21-14-5-2-4-13(14)12-20-15(17)22-8-10-23(11-9-22)16-18-6-3-7-19-16;/h3,6-7,13-14,21H,2,4-5,8-12H2,1H3,(H2,17,20);1H. The number of aromatic nitrogens is 2. The van der Waals surface area contributed by atoms with Crippen LogP contribution in [0, 0.1) is 5.92 Å². The van der Waals surface area contributed by atoms with E-state index in [0.717, 1.165) is 51.4 Å². The van der Waals surface area contributed by atoms with Crippen LogP contribution in [0.25, 0.3) is 0 Å². The van der Waals surface area contributed by atoms with Crippen LogP contribution in [-0.2, 0) is 10.0 Å². The molecule has 0 amide bonds. The minimum Gasteiger partial charge on any atom is -0.370 e. The van der Waals surface area contributed by atoms with Crippen molar-refractivity contribution in [1.29, 1.82) is 0 Å². The molecular weight excluding hydrogens is 481 g/mol. The number of nitrogens with two attached hydrogens (primary N) is 1. The lowest BCUT2D eigenvalue weighted by Gasteiger charge is -2.35. The van der Waals surface area contributed by atoms with Crippen molar-refractivity contribution >= 4 is 45.9 Å². The van der Waals surface area contributed by atoms with E-state index in [1.807, 2.05) is 0 Å². The highest BCUT2D eigenvalue weighted by molar-refractivity contribution is 14.0. The van der Waals surface area contributed by atoms with Crippen molar-refractivity contribution in [2.45, 2.75) is 25.3 Å². The van der Waals surface area contributed by atoms with Gasteiger partial charge in [0.25, 0.3) is 0 Å². The zero-order valence-corrected chi connectivity index (χ0v) is 18.6. The third-order valence-corrected chi connectivity index (χ3v) is 5.68. The Morgan fingerprint density at radius 3 is 2.56 bits per heavy atom. The average molecular weight is 509 g/mol. The van der Waals surface area contributed by atoms with Gasteiger partial charge in [0.15, 0.2) is 5.96 Å². The molecule has 152 valence electrons. The maximum Gasteiger partial charge on any atom is 0.225 e. The Bertz CT molecular complexity index is 724. The number of aliphatic imine (C=N–C) groups is 1. The van der Waals surface area contributed by atoms with Crippen molar-refractivity contribution in [1.82, 2.24) is 19.6 Å². The zero-order valence-electron chi connectivity index (χ0n) is 15.5. The molecule has 3 N–H and O–H groups in total. The van der Waals surface area contributed by atoms with Crippen LogP contribution in [0.2, 0.25) is 0 Å². The summed E-state index contributed by atoms with van der Waals surface area (Å²) < 4.78 is 25.7. The number of nitrogens with one attached hydrogen (secondary N) is 1. The van der Waals surface area contributed by atoms with E-state index in [1.165, 1.54) is 6.26 Å². The molecule has 1 aromatic heterocycles. The van der Waals surface area contributed by atoms with E-state index in [4.69, 9.17) is 5.73 Å². The summed E-state index contributed by atoms with van der Waals surface area (Å²) in [5.74, 6) is 1.48. The van der Waals surface area contributed by atoms with Crippen LogP contribution in [0.4, 0.5) is 5.95 Å². The van der Waals surface area contributed by atoms with Gasteiger partial charge in [0, 0.05) is 51.2 Å². The first-order valence-corrected chi connectivity index (χ1v) is 10.9. The summed E-state index contributed by atoms with van der Waals surface area (Å²) in [6, 6.07) is 1.77. The molecule has 2 unspecified atom stereocenters. The number of halogens is 1. The maximum absolute atomic E-state index is 11.5. The lowest BCUT2D eigenvalue weighted by Crippen LogP contribution is -2.51. The largest absolute Gasteiger partial charge is 0.370 e. The smallest absolute Gasteiger partial charge is 0.225 e. The van der Waals surface area contributed by atoms with E-state index in [2.05, 4.69) is 29.5 Å². The molecule has 0 spiro atoms. The van der Waals surface area contributed by atoms with Gasteiger partial charge in [-0.05, 0) is 24.8 Å². The summed E-state index contributed by atoms with van der Waals surface area (Å²) >= 11 is 0. The third-order valence-electron chi connectivity index (χ3n) is 4.95. The quantitative estimate of drug-likeness (QED) is 0.332. The van der Waals surface area contributed by atoms with Gasteiger partial charge >= 0.3 is 0 Å². The molecule has 2 aliphatic rings. The van der Waals surface area contributed by atoms with Gasteiger partial charge in [-0.25, -0.2) is 23.1 Å². The molecule has 1 saturated carbocycles. The highest BCUT2D eigenvalue weighted by Gasteiger charge is 2.29. The molecule has 2 heterocycles. The second-order valence-corrected chi connectivity index (χ2v) is 8.69. The molecule has 1 aromatic rings. The molecule has 1 aliphatic heterocycles. The molecular formula is C16H28IN7O2S. The normalized spacial score (nSPS) is 24.0. The molecule has 9 nitrogen and oxygen atoms in total. The zero-order chi connectivity index (χ0) is 18.6. The minimum absolute atomic E-state index is 0. The molecule has 0 aromatic carbocycles. The number of hydrogen-bond donors (Lipinski definition) is 2. The molecule has 0 radical (unpaired) electrons. The number of nitrogens with zero attached hydrogens (tertiary/aromatic N) is 5. The van der Waals surface area contributed by atoms with Gasteiger partial charge in [-0.2, -0.15) is 0 Å². The van der Waals surface area contributed by atoms with Crippen LogP contribution in [-0.4, -0.2) is 74.3 Å². The van der Waals surface area contributed by atoms with Crippen molar-refractivity contribution in [3.8, 4) is 0 Å². The first-order chi connectivity index (χ1) is 12.4. The number of hydrogen-bond acceptors (Lipinski definition) is 6. The maximum atomic E-state index is 11.5. The van der Waals surface area contributed by atoms with E-state index >= 15 is 0 Å². The Kier molecular flexibility index (Phi) is 8.04. The van der Waals surface area contributed by atoms with Crippen LogP contribution in [0.15, 0.2) is 23.5 Å². The minimum atomic E-state index is -3.19. The molecule has 2 fully saturated rings. The Hall–Kier alpha value is -1.21. The van der Waals surface area contributed by atoms with Crippen molar-refractivity contribution in [3.05, 3.63) is 18.5 Å². The molecule has 11 heteroatoms. The van der Waals surface area contributed by atoms with Crippen LogP contribution in [0.5, 0.6) is 0 Å². The molecule has 1 saturated heterocycles. The average Bonchev–Trinajstić information content (AvgIpc) is 3.05. The van der Waals surface area contributed by atoms with Crippen LogP contribution in [0.3, 0.4) is 0 Å². The van der Waals surface area contributed by atoms with Crippen molar-refractivity contribution in [2.24, 2.45) is 16.6 Å². The number of anilines is 1. The Labute approximate surface area is 177 Å². The van der Waals surface area contributed by atoms with Crippen molar-refractivity contribution in [2.75, 3.05) is 43.9 Å².